The van der Waals surface area contributed by atoms with E-state index in [4.69, 9.17) is 5.73 Å². The molecule has 0 aliphatic rings. The van der Waals surface area contributed by atoms with Gasteiger partial charge in [0.15, 0.2) is 0 Å². The van der Waals surface area contributed by atoms with Crippen LogP contribution in [0.2, 0.25) is 0 Å². The summed E-state index contributed by atoms with van der Waals surface area (Å²) in [5.74, 6) is -0.253. The molecule has 0 saturated carbocycles. The maximum absolute atomic E-state index is 12.5. The van der Waals surface area contributed by atoms with Crippen molar-refractivity contribution in [3.63, 3.8) is 0 Å². The highest BCUT2D eigenvalue weighted by Crippen LogP contribution is 2.10. The quantitative estimate of drug-likeness (QED) is 0.755. The Morgan fingerprint density at radius 1 is 1.79 bits per heavy atom. The molecule has 1 rings (SSSR count). The number of amides is 1. The zero-order chi connectivity index (χ0) is 10.6. The van der Waals surface area contributed by atoms with Gasteiger partial charge in [-0.25, -0.2) is 9.37 Å². The zero-order valence-electron chi connectivity index (χ0n) is 7.83. The summed E-state index contributed by atoms with van der Waals surface area (Å²) in [6.45, 7) is 1.52. The van der Waals surface area contributed by atoms with Crippen LogP contribution in [0.4, 0.5) is 10.2 Å². The number of nitrogens with one attached hydrogen (secondary N) is 1. The van der Waals surface area contributed by atoms with Crippen LogP contribution in [0.5, 0.6) is 0 Å². The number of halogens is 1. The van der Waals surface area contributed by atoms with Gasteiger partial charge in [0.2, 0.25) is 0 Å². The number of carbonyl (C=O) groups excluding carboxylic acids is 1. The SMILES string of the molecule is CC(F)CNc1ncccc1C(N)=O. The van der Waals surface area contributed by atoms with Crippen molar-refractivity contribution < 1.29 is 9.18 Å². The summed E-state index contributed by atoms with van der Waals surface area (Å²) < 4.78 is 12.5. The number of pyridine rings is 1. The predicted molar refractivity (Wildman–Crippen MR) is 51.8 cm³/mol. The van der Waals surface area contributed by atoms with Gasteiger partial charge in [0, 0.05) is 12.7 Å². The van der Waals surface area contributed by atoms with Crippen LogP contribution < -0.4 is 11.1 Å². The van der Waals surface area contributed by atoms with E-state index in [2.05, 4.69) is 10.3 Å². The first-order valence-electron chi connectivity index (χ1n) is 4.24. The van der Waals surface area contributed by atoms with Crippen LogP contribution in [0.1, 0.15) is 17.3 Å². The second-order valence-electron chi connectivity index (χ2n) is 2.93. The third kappa shape index (κ3) is 2.69. The fourth-order valence-electron chi connectivity index (χ4n) is 0.982. The van der Waals surface area contributed by atoms with Gasteiger partial charge >= 0.3 is 0 Å². The molecule has 76 valence electrons. The number of aromatic nitrogens is 1. The zero-order valence-corrected chi connectivity index (χ0v) is 7.83. The van der Waals surface area contributed by atoms with Crippen molar-refractivity contribution in [1.29, 1.82) is 0 Å². The lowest BCUT2D eigenvalue weighted by Crippen LogP contribution is -2.18. The van der Waals surface area contributed by atoms with E-state index in [1.807, 2.05) is 0 Å². The number of anilines is 1. The molecule has 0 spiro atoms. The molecule has 0 fully saturated rings. The van der Waals surface area contributed by atoms with Gasteiger partial charge in [-0.1, -0.05) is 0 Å². The van der Waals surface area contributed by atoms with Crippen molar-refractivity contribution in [2.45, 2.75) is 13.1 Å². The average Bonchev–Trinajstić information content (AvgIpc) is 2.15. The summed E-state index contributed by atoms with van der Waals surface area (Å²) in [5, 5.41) is 2.71. The summed E-state index contributed by atoms with van der Waals surface area (Å²) in [7, 11) is 0. The molecule has 0 bridgehead atoms. The molecule has 1 heterocycles. The minimum absolute atomic E-state index is 0.108. The number of rotatable bonds is 4. The maximum atomic E-state index is 12.5. The first kappa shape index (κ1) is 10.4. The highest BCUT2D eigenvalue weighted by atomic mass is 19.1. The molecule has 0 aliphatic heterocycles. The summed E-state index contributed by atoms with van der Waals surface area (Å²) in [4.78, 5) is 14.8. The van der Waals surface area contributed by atoms with E-state index in [9.17, 15) is 9.18 Å². The fourth-order valence-corrected chi connectivity index (χ4v) is 0.982. The van der Waals surface area contributed by atoms with Crippen molar-refractivity contribution in [1.82, 2.24) is 4.98 Å². The Bertz CT molecular complexity index is 328. The Labute approximate surface area is 81.3 Å². The molecular weight excluding hydrogens is 185 g/mol. The fraction of sp³-hybridized carbons (Fsp3) is 0.333. The third-order valence-electron chi connectivity index (χ3n) is 1.62. The molecule has 1 atom stereocenters. The van der Waals surface area contributed by atoms with Crippen LogP contribution in [0.25, 0.3) is 0 Å². The number of hydrogen-bond acceptors (Lipinski definition) is 3. The van der Waals surface area contributed by atoms with Crippen molar-refractivity contribution in [2.24, 2.45) is 5.73 Å². The molecule has 1 amide bonds. The van der Waals surface area contributed by atoms with E-state index in [0.717, 1.165) is 0 Å². The normalized spacial score (nSPS) is 12.1. The van der Waals surface area contributed by atoms with Crippen LogP contribution >= 0.6 is 0 Å². The second kappa shape index (κ2) is 4.55. The van der Waals surface area contributed by atoms with E-state index >= 15 is 0 Å². The minimum Gasteiger partial charge on any atom is -0.367 e. The number of nitrogens with zero attached hydrogens (tertiary/aromatic N) is 1. The van der Waals surface area contributed by atoms with Crippen molar-refractivity contribution in [2.75, 3.05) is 11.9 Å². The van der Waals surface area contributed by atoms with E-state index in [1.165, 1.54) is 13.1 Å². The van der Waals surface area contributed by atoms with Gasteiger partial charge in [0.25, 0.3) is 5.91 Å². The van der Waals surface area contributed by atoms with Gasteiger partial charge in [0.1, 0.15) is 12.0 Å². The molecule has 1 aromatic rings. The van der Waals surface area contributed by atoms with Gasteiger partial charge < -0.3 is 11.1 Å². The predicted octanol–water partition coefficient (Wildman–Crippen LogP) is 0.950. The Hall–Kier alpha value is -1.65. The largest absolute Gasteiger partial charge is 0.367 e. The van der Waals surface area contributed by atoms with Gasteiger partial charge in [-0.15, -0.1) is 0 Å². The summed E-state index contributed by atoms with van der Waals surface area (Å²) in [5.41, 5.74) is 5.38. The third-order valence-corrected chi connectivity index (χ3v) is 1.62. The molecule has 1 aromatic heterocycles. The van der Waals surface area contributed by atoms with Crippen LogP contribution in [0, 0.1) is 0 Å². The molecule has 0 radical (unpaired) electrons. The molecule has 0 saturated heterocycles. The van der Waals surface area contributed by atoms with Crippen LogP contribution in [0.15, 0.2) is 18.3 Å². The van der Waals surface area contributed by atoms with Gasteiger partial charge in [-0.05, 0) is 19.1 Å². The first-order chi connectivity index (χ1) is 6.61. The van der Waals surface area contributed by atoms with Crippen LogP contribution in [-0.2, 0) is 0 Å². The number of primary amides is 1. The Balaban J connectivity index is 2.79. The first-order valence-corrected chi connectivity index (χ1v) is 4.24. The van der Waals surface area contributed by atoms with Gasteiger partial charge in [-0.2, -0.15) is 0 Å². The molecule has 0 aliphatic carbocycles. The van der Waals surface area contributed by atoms with Gasteiger partial charge in [-0.3, -0.25) is 4.79 Å². The molecule has 5 heteroatoms. The average molecular weight is 197 g/mol. The smallest absolute Gasteiger partial charge is 0.252 e. The topological polar surface area (TPSA) is 68.0 Å². The number of carbonyl (C=O) groups is 1. The summed E-state index contributed by atoms with van der Waals surface area (Å²) in [6.07, 6.45) is 0.509. The lowest BCUT2D eigenvalue weighted by molar-refractivity contribution is 0.100. The van der Waals surface area contributed by atoms with E-state index in [1.54, 1.807) is 12.1 Å². The highest BCUT2D eigenvalue weighted by molar-refractivity contribution is 5.97. The summed E-state index contributed by atoms with van der Waals surface area (Å²) in [6, 6.07) is 3.14. The lowest BCUT2D eigenvalue weighted by Gasteiger charge is -2.08. The molecule has 3 N–H and O–H groups in total. The maximum Gasteiger partial charge on any atom is 0.252 e. The Kier molecular flexibility index (Phi) is 3.39. The Morgan fingerprint density at radius 3 is 3.07 bits per heavy atom. The standard InChI is InChI=1S/C9H12FN3O/c1-6(10)5-13-9-7(8(11)14)3-2-4-12-9/h2-4,6H,5H2,1H3,(H2,11,14)(H,12,13). The van der Waals surface area contributed by atoms with Crippen LogP contribution in [0.3, 0.4) is 0 Å². The van der Waals surface area contributed by atoms with Crippen LogP contribution in [-0.4, -0.2) is 23.6 Å². The van der Waals surface area contributed by atoms with E-state index < -0.39 is 12.1 Å². The van der Waals surface area contributed by atoms with Crippen molar-refractivity contribution in [3.05, 3.63) is 23.9 Å². The Morgan fingerprint density at radius 2 is 2.50 bits per heavy atom. The number of hydrogen-bond donors (Lipinski definition) is 2. The highest BCUT2D eigenvalue weighted by Gasteiger charge is 2.08. The van der Waals surface area contributed by atoms with Crippen molar-refractivity contribution in [3.8, 4) is 0 Å². The summed E-state index contributed by atoms with van der Waals surface area (Å²) >= 11 is 0. The minimum atomic E-state index is -1.00. The van der Waals surface area contributed by atoms with E-state index in [0.29, 0.717) is 5.82 Å². The molecule has 14 heavy (non-hydrogen) atoms. The molecule has 4 nitrogen and oxygen atoms in total. The number of alkyl halides is 1. The monoisotopic (exact) mass is 197 g/mol. The van der Waals surface area contributed by atoms with Gasteiger partial charge in [0.05, 0.1) is 5.56 Å². The second-order valence-corrected chi connectivity index (χ2v) is 2.93. The lowest BCUT2D eigenvalue weighted by atomic mass is 10.2. The molecule has 1 unspecified atom stereocenters. The van der Waals surface area contributed by atoms with E-state index in [-0.39, 0.29) is 12.1 Å². The number of nitrogens with two attached hydrogens (primary N) is 1. The van der Waals surface area contributed by atoms with Crippen molar-refractivity contribution >= 4 is 11.7 Å². The molecule has 0 aromatic carbocycles. The molecular formula is C9H12FN3O.